The zero-order valence-electron chi connectivity index (χ0n) is 35.6. The quantitative estimate of drug-likeness (QED) is 0.0594. The lowest BCUT2D eigenvalue weighted by Crippen LogP contribution is -2.63. The molecule has 1 aromatic rings. The molecule has 1 aliphatic rings. The lowest BCUT2D eigenvalue weighted by atomic mass is 9.84. The van der Waals surface area contributed by atoms with Crippen molar-refractivity contribution in [2.45, 2.75) is 141 Å². The molecule has 1 aliphatic carbocycles. The molecule has 20 nitrogen and oxygen atoms in total. The topological polar surface area (TPSA) is 332 Å². The fraction of sp³-hybridized carbons (Fsp3) is 0.585. The first-order valence-corrected chi connectivity index (χ1v) is 20.6. The first-order chi connectivity index (χ1) is 29.0. The molecule has 62 heavy (non-hydrogen) atoms. The number of nitrogens with zero attached hydrogens (tertiary/aromatic N) is 1. The SMILES string of the molecule is Cc1ccccc1C[C@H](NC(=O)[C@H](CCC(=O)O)NC(=O)[C@@H](N)CC(=O)O)C(=O)N[C@H](C(=O)N(C(=O)CCC(=O)O)[C@@H](CC1CCCC1)C(=O)NC=CCCB(O)O)C(C)(C)C. The van der Waals surface area contributed by atoms with Crippen LogP contribution in [-0.4, -0.2) is 121 Å². The van der Waals surface area contributed by atoms with E-state index in [2.05, 4.69) is 21.3 Å². The molecule has 0 heterocycles. The van der Waals surface area contributed by atoms with Gasteiger partial charge in [-0.3, -0.25) is 48.1 Å². The minimum absolute atomic E-state index is 0.0237. The third kappa shape index (κ3) is 18.1. The minimum Gasteiger partial charge on any atom is -0.481 e. The molecule has 21 heteroatoms. The zero-order valence-corrected chi connectivity index (χ0v) is 35.6. The summed E-state index contributed by atoms with van der Waals surface area (Å²) >= 11 is 0. The molecular weight excluding hydrogens is 811 g/mol. The maximum Gasteiger partial charge on any atom is 0.451 e. The number of carbonyl (C=O) groups excluding carboxylic acids is 6. The molecule has 1 fully saturated rings. The molecule has 342 valence electrons. The molecule has 5 atom stereocenters. The van der Waals surface area contributed by atoms with Gasteiger partial charge in [-0.25, -0.2) is 0 Å². The molecule has 0 saturated heterocycles. The number of nitrogens with two attached hydrogens (primary N) is 1. The molecular formula is C41H61BN6O14. The highest BCUT2D eigenvalue weighted by Crippen LogP contribution is 2.32. The van der Waals surface area contributed by atoms with Crippen LogP contribution in [0.4, 0.5) is 0 Å². The Morgan fingerprint density at radius 2 is 1.42 bits per heavy atom. The standard InChI is InChI=1S/C41H61BN6O14/c1-24-11-5-8-14-26(24)22-29(46-37(57)28(15-17-32(50)51)45-36(56)27(43)23-34(54)55)38(58)47-35(41(2,3)4)40(60)48(31(49)16-18-33(52)53)30(21-25-12-6-7-13-25)39(59)44-20-10-9-19-42(61)62/h5,8,10-11,14,20,25,27-30,35,61-62H,6-7,9,12-13,15-19,21-23,43H2,1-4H3,(H,44,59)(H,45,56)(H,46,57)(H,47,58)(H,50,51)(H,52,53)(H,54,55)/t27-,28-,29-,30-,35+/m0/s1. The van der Waals surface area contributed by atoms with Gasteiger partial charge in [0.1, 0.15) is 24.2 Å². The van der Waals surface area contributed by atoms with E-state index in [9.17, 15) is 63.4 Å². The second-order valence-electron chi connectivity index (χ2n) is 16.6. The summed E-state index contributed by atoms with van der Waals surface area (Å²) in [7, 11) is -1.59. The Hall–Kier alpha value is -5.67. The Balaban J connectivity index is 2.64. The van der Waals surface area contributed by atoms with Gasteiger partial charge in [0.25, 0.3) is 5.91 Å². The van der Waals surface area contributed by atoms with Crippen LogP contribution >= 0.6 is 0 Å². The predicted molar refractivity (Wildman–Crippen MR) is 223 cm³/mol. The number of allylic oxidation sites excluding steroid dienone is 1. The first-order valence-electron chi connectivity index (χ1n) is 20.6. The summed E-state index contributed by atoms with van der Waals surface area (Å²) < 4.78 is 0. The van der Waals surface area contributed by atoms with Crippen molar-refractivity contribution in [1.82, 2.24) is 26.2 Å². The smallest absolute Gasteiger partial charge is 0.451 e. The Bertz CT molecular complexity index is 1790. The van der Waals surface area contributed by atoms with Gasteiger partial charge < -0.3 is 52.4 Å². The third-order valence-corrected chi connectivity index (χ3v) is 10.4. The second kappa shape index (κ2) is 25.3. The summed E-state index contributed by atoms with van der Waals surface area (Å²) in [6, 6.07) is -0.932. The summed E-state index contributed by atoms with van der Waals surface area (Å²) in [5.74, 6) is -10.0. The fourth-order valence-electron chi connectivity index (χ4n) is 6.91. The lowest BCUT2D eigenvalue weighted by Gasteiger charge is -2.38. The van der Waals surface area contributed by atoms with Crippen LogP contribution in [0, 0.1) is 18.3 Å². The fourth-order valence-corrected chi connectivity index (χ4v) is 6.91. The highest BCUT2D eigenvalue weighted by molar-refractivity contribution is 6.40. The average molecular weight is 873 g/mol. The minimum atomic E-state index is -1.61. The highest BCUT2D eigenvalue weighted by Gasteiger charge is 2.44. The first kappa shape index (κ1) is 52.5. The van der Waals surface area contributed by atoms with Crippen molar-refractivity contribution in [3.05, 3.63) is 47.7 Å². The average Bonchev–Trinajstić information content (AvgIpc) is 3.69. The number of carboxylic acid groups (broad SMARTS) is 3. The van der Waals surface area contributed by atoms with Crippen molar-refractivity contribution in [3.63, 3.8) is 0 Å². The van der Waals surface area contributed by atoms with Crippen LogP contribution in [0.3, 0.4) is 0 Å². The van der Waals surface area contributed by atoms with Gasteiger partial charge in [0, 0.05) is 19.3 Å². The largest absolute Gasteiger partial charge is 0.481 e. The zero-order chi connectivity index (χ0) is 46.7. The number of benzene rings is 1. The number of carbonyl (C=O) groups is 9. The van der Waals surface area contributed by atoms with E-state index in [0.717, 1.165) is 12.8 Å². The van der Waals surface area contributed by atoms with Crippen molar-refractivity contribution >= 4 is 60.5 Å². The molecule has 0 spiro atoms. The molecule has 0 aromatic heterocycles. The van der Waals surface area contributed by atoms with E-state index in [1.54, 1.807) is 52.0 Å². The summed E-state index contributed by atoms with van der Waals surface area (Å²) in [6.07, 6.45) is 2.46. The van der Waals surface area contributed by atoms with Crippen LogP contribution in [0.2, 0.25) is 6.32 Å². The number of carboxylic acids is 3. The van der Waals surface area contributed by atoms with Gasteiger partial charge in [0.05, 0.1) is 18.9 Å². The molecule has 1 saturated carbocycles. The van der Waals surface area contributed by atoms with E-state index >= 15 is 0 Å². The van der Waals surface area contributed by atoms with E-state index in [1.165, 1.54) is 12.3 Å². The van der Waals surface area contributed by atoms with Crippen LogP contribution < -0.4 is 27.0 Å². The number of rotatable bonds is 25. The van der Waals surface area contributed by atoms with E-state index in [1.807, 2.05) is 0 Å². The van der Waals surface area contributed by atoms with E-state index in [0.29, 0.717) is 28.9 Å². The lowest BCUT2D eigenvalue weighted by molar-refractivity contribution is -0.157. The van der Waals surface area contributed by atoms with E-state index in [4.69, 9.17) is 10.8 Å². The van der Waals surface area contributed by atoms with Crippen molar-refractivity contribution in [2.75, 3.05) is 0 Å². The predicted octanol–water partition coefficient (Wildman–Crippen LogP) is 0.367. The molecule has 0 aliphatic heterocycles. The van der Waals surface area contributed by atoms with Crippen LogP contribution in [0.15, 0.2) is 36.5 Å². The summed E-state index contributed by atoms with van der Waals surface area (Å²) in [6.45, 7) is 6.47. The van der Waals surface area contributed by atoms with Gasteiger partial charge in [0.15, 0.2) is 0 Å². The molecule has 0 unspecified atom stereocenters. The molecule has 1 aromatic carbocycles. The molecule has 0 radical (unpaired) electrons. The summed E-state index contributed by atoms with van der Waals surface area (Å²) in [4.78, 5) is 119. The number of nitrogens with one attached hydrogen (secondary N) is 4. The number of imide groups is 1. The van der Waals surface area contributed by atoms with Crippen LogP contribution in [0.1, 0.15) is 103 Å². The second-order valence-corrected chi connectivity index (χ2v) is 16.6. The van der Waals surface area contributed by atoms with Crippen LogP contribution in [0.25, 0.3) is 0 Å². The van der Waals surface area contributed by atoms with Gasteiger partial charge in [0.2, 0.25) is 29.5 Å². The molecule has 11 N–H and O–H groups in total. The van der Waals surface area contributed by atoms with Gasteiger partial charge >= 0.3 is 25.0 Å². The van der Waals surface area contributed by atoms with Crippen molar-refractivity contribution < 1.29 is 68.5 Å². The van der Waals surface area contributed by atoms with Gasteiger partial charge in [-0.15, -0.1) is 0 Å². The Morgan fingerprint density at radius 3 is 1.98 bits per heavy atom. The maximum atomic E-state index is 14.9. The Kier molecular flexibility index (Phi) is 21.4. The molecule has 0 bridgehead atoms. The van der Waals surface area contributed by atoms with Crippen LogP contribution in [-0.2, 0) is 49.6 Å². The van der Waals surface area contributed by atoms with Gasteiger partial charge in [-0.05, 0) is 61.2 Å². The van der Waals surface area contributed by atoms with E-state index < -0.39 is 128 Å². The number of aliphatic carboxylic acids is 3. The maximum absolute atomic E-state index is 14.9. The normalized spacial score (nSPS) is 15.3. The molecule has 6 amide bonds. The monoisotopic (exact) mass is 872 g/mol. The van der Waals surface area contributed by atoms with E-state index in [-0.39, 0.29) is 31.5 Å². The van der Waals surface area contributed by atoms with Crippen LogP contribution in [0.5, 0.6) is 0 Å². The number of aryl methyl sites for hydroxylation is 1. The summed E-state index contributed by atoms with van der Waals surface area (Å²) in [5, 5.41) is 56.3. The number of hydrogen-bond acceptors (Lipinski definition) is 12. The molecule has 2 rings (SSSR count). The van der Waals surface area contributed by atoms with Crippen molar-refractivity contribution in [1.29, 1.82) is 0 Å². The Morgan fingerprint density at radius 1 is 0.823 bits per heavy atom. The third-order valence-electron chi connectivity index (χ3n) is 10.4. The number of hydrogen-bond donors (Lipinski definition) is 10. The summed E-state index contributed by atoms with van der Waals surface area (Å²) in [5.41, 5.74) is 5.76. The van der Waals surface area contributed by atoms with Gasteiger partial charge in [-0.1, -0.05) is 76.8 Å². The number of amides is 6. The van der Waals surface area contributed by atoms with Crippen molar-refractivity contribution in [2.24, 2.45) is 17.1 Å². The highest BCUT2D eigenvalue weighted by atomic mass is 16.4. The van der Waals surface area contributed by atoms with Crippen molar-refractivity contribution in [3.8, 4) is 0 Å². The Labute approximate surface area is 360 Å². The van der Waals surface area contributed by atoms with Gasteiger partial charge in [-0.2, -0.15) is 0 Å².